The molecule has 4 rings (SSSR count). The van der Waals surface area contributed by atoms with E-state index in [-0.39, 0.29) is 11.4 Å². The predicted octanol–water partition coefficient (Wildman–Crippen LogP) is 9.63. The number of halogens is 3. The summed E-state index contributed by atoms with van der Waals surface area (Å²) < 4.78 is 44.4. The third kappa shape index (κ3) is 5.29. The quantitative estimate of drug-likeness (QED) is 0.231. The summed E-state index contributed by atoms with van der Waals surface area (Å²) in [4.78, 5) is 0. The van der Waals surface area contributed by atoms with Crippen molar-refractivity contribution in [3.8, 4) is 22.3 Å². The van der Waals surface area contributed by atoms with Crippen LogP contribution in [0, 0.1) is 23.4 Å². The molecule has 0 aliphatic heterocycles. The maximum absolute atomic E-state index is 15.0. The lowest BCUT2D eigenvalue weighted by molar-refractivity contribution is 0.375. The van der Waals surface area contributed by atoms with Crippen LogP contribution in [0.1, 0.15) is 68.9 Å². The molecule has 0 aromatic heterocycles. The van der Waals surface area contributed by atoms with Crippen LogP contribution >= 0.6 is 0 Å². The van der Waals surface area contributed by atoms with E-state index >= 15 is 4.39 Å². The molecule has 1 aliphatic carbocycles. The van der Waals surface area contributed by atoms with E-state index in [9.17, 15) is 8.78 Å². The van der Waals surface area contributed by atoms with Crippen LogP contribution in [-0.2, 0) is 6.42 Å². The topological polar surface area (TPSA) is 0 Å². The minimum atomic E-state index is -0.816. The summed E-state index contributed by atoms with van der Waals surface area (Å²) in [6.07, 6.45) is 9.79. The molecule has 34 heavy (non-hydrogen) atoms. The average molecular weight is 463 g/mol. The first-order valence-corrected chi connectivity index (χ1v) is 12.5. The summed E-state index contributed by atoms with van der Waals surface area (Å²) in [5.41, 5.74) is 3.53. The zero-order valence-electron chi connectivity index (χ0n) is 19.9. The number of hydrogen-bond donors (Lipinski definition) is 0. The van der Waals surface area contributed by atoms with Gasteiger partial charge in [-0.3, -0.25) is 0 Å². The Labute approximate surface area is 201 Å². The standard InChI is InChI=1S/C31H33F3/c1-3-5-6-7-25-16-19-28(31(34)30(25)33)24-14-12-23(13-15-24)27-18-17-26(20-29(27)32)22-10-8-21(4-2)9-11-22/h4,12-22H,2-3,5-11H2,1H3. The fraction of sp³-hybridized carbons (Fsp3) is 0.355. The van der Waals surface area contributed by atoms with Crippen LogP contribution in [0.4, 0.5) is 13.2 Å². The van der Waals surface area contributed by atoms with Gasteiger partial charge in [0.2, 0.25) is 0 Å². The number of allylic oxidation sites excluding steroid dienone is 1. The van der Waals surface area contributed by atoms with Gasteiger partial charge >= 0.3 is 0 Å². The fourth-order valence-electron chi connectivity index (χ4n) is 5.11. The number of benzene rings is 3. The predicted molar refractivity (Wildman–Crippen MR) is 135 cm³/mol. The molecule has 1 fully saturated rings. The number of aryl methyl sites for hydroxylation is 1. The Morgan fingerprint density at radius 1 is 0.794 bits per heavy atom. The molecular formula is C31H33F3. The van der Waals surface area contributed by atoms with E-state index in [1.807, 2.05) is 18.2 Å². The Kier molecular flexibility index (Phi) is 7.92. The summed E-state index contributed by atoms with van der Waals surface area (Å²) >= 11 is 0. The van der Waals surface area contributed by atoms with Crippen molar-refractivity contribution in [2.45, 2.75) is 64.2 Å². The fourth-order valence-corrected chi connectivity index (χ4v) is 5.11. The summed E-state index contributed by atoms with van der Waals surface area (Å²) in [5, 5.41) is 0. The molecule has 0 spiro atoms. The Morgan fingerprint density at radius 3 is 2.06 bits per heavy atom. The minimum Gasteiger partial charge on any atom is -0.206 e. The smallest absolute Gasteiger partial charge is 0.166 e. The van der Waals surface area contributed by atoms with Crippen molar-refractivity contribution < 1.29 is 13.2 Å². The second-order valence-electron chi connectivity index (χ2n) is 9.52. The van der Waals surface area contributed by atoms with Gasteiger partial charge in [-0.15, -0.1) is 6.58 Å². The zero-order valence-corrected chi connectivity index (χ0v) is 19.9. The Morgan fingerprint density at radius 2 is 1.44 bits per heavy atom. The van der Waals surface area contributed by atoms with Gasteiger partial charge < -0.3 is 0 Å². The molecule has 0 saturated heterocycles. The third-order valence-corrected chi connectivity index (χ3v) is 7.29. The second-order valence-corrected chi connectivity index (χ2v) is 9.52. The van der Waals surface area contributed by atoms with E-state index in [1.165, 1.54) is 0 Å². The van der Waals surface area contributed by atoms with Crippen molar-refractivity contribution in [1.29, 1.82) is 0 Å². The van der Waals surface area contributed by atoms with E-state index in [0.29, 0.717) is 34.9 Å². The number of hydrogen-bond acceptors (Lipinski definition) is 0. The average Bonchev–Trinajstić information content (AvgIpc) is 2.87. The molecule has 0 atom stereocenters. The molecule has 3 aromatic rings. The normalized spacial score (nSPS) is 18.1. The Balaban J connectivity index is 1.51. The summed E-state index contributed by atoms with van der Waals surface area (Å²) in [6.45, 7) is 5.98. The van der Waals surface area contributed by atoms with Crippen LogP contribution in [0.15, 0.2) is 67.3 Å². The van der Waals surface area contributed by atoms with E-state index in [1.54, 1.807) is 42.5 Å². The molecular weight excluding hydrogens is 429 g/mol. The van der Waals surface area contributed by atoms with Crippen LogP contribution < -0.4 is 0 Å². The highest BCUT2D eigenvalue weighted by molar-refractivity contribution is 5.71. The van der Waals surface area contributed by atoms with Gasteiger partial charge in [-0.05, 0) is 78.7 Å². The SMILES string of the molecule is C=CC1CCC(c2ccc(-c3ccc(-c4ccc(CCCCC)c(F)c4F)cc3)c(F)c2)CC1. The van der Waals surface area contributed by atoms with Crippen LogP contribution in [0.25, 0.3) is 22.3 Å². The van der Waals surface area contributed by atoms with Crippen molar-refractivity contribution in [2.75, 3.05) is 0 Å². The van der Waals surface area contributed by atoms with E-state index in [2.05, 4.69) is 13.5 Å². The number of unbranched alkanes of at least 4 members (excludes halogenated alkanes) is 2. The lowest BCUT2D eigenvalue weighted by atomic mass is 9.78. The molecule has 0 N–H and O–H groups in total. The van der Waals surface area contributed by atoms with Crippen molar-refractivity contribution in [3.63, 3.8) is 0 Å². The van der Waals surface area contributed by atoms with Crippen molar-refractivity contribution in [3.05, 3.63) is 95.8 Å². The van der Waals surface area contributed by atoms with E-state index < -0.39 is 11.6 Å². The second kappa shape index (κ2) is 11.1. The Bertz CT molecular complexity index is 1120. The first-order chi connectivity index (χ1) is 16.5. The first-order valence-electron chi connectivity index (χ1n) is 12.5. The molecule has 0 bridgehead atoms. The molecule has 0 amide bonds. The summed E-state index contributed by atoms with van der Waals surface area (Å²) in [7, 11) is 0. The molecule has 0 unspecified atom stereocenters. The molecule has 1 saturated carbocycles. The summed E-state index contributed by atoms with van der Waals surface area (Å²) in [6, 6.07) is 15.9. The highest BCUT2D eigenvalue weighted by atomic mass is 19.2. The highest BCUT2D eigenvalue weighted by Crippen LogP contribution is 2.38. The van der Waals surface area contributed by atoms with Crippen molar-refractivity contribution in [1.82, 2.24) is 0 Å². The lowest BCUT2D eigenvalue weighted by Gasteiger charge is -2.27. The molecule has 0 nitrogen and oxygen atoms in total. The van der Waals surface area contributed by atoms with Gasteiger partial charge in [-0.2, -0.15) is 0 Å². The van der Waals surface area contributed by atoms with Gasteiger partial charge in [0.05, 0.1) is 0 Å². The van der Waals surface area contributed by atoms with Crippen LogP contribution in [0.2, 0.25) is 0 Å². The van der Waals surface area contributed by atoms with Crippen LogP contribution in [0.5, 0.6) is 0 Å². The maximum Gasteiger partial charge on any atom is 0.166 e. The molecule has 3 heteroatoms. The van der Waals surface area contributed by atoms with Gasteiger partial charge in [0.1, 0.15) is 5.82 Å². The molecule has 178 valence electrons. The maximum atomic E-state index is 15.0. The lowest BCUT2D eigenvalue weighted by Crippen LogP contribution is -2.11. The number of rotatable bonds is 8. The van der Waals surface area contributed by atoms with E-state index in [0.717, 1.165) is 56.1 Å². The van der Waals surface area contributed by atoms with Gasteiger partial charge in [0.25, 0.3) is 0 Å². The summed E-state index contributed by atoms with van der Waals surface area (Å²) in [5.74, 6) is -0.853. The monoisotopic (exact) mass is 462 g/mol. The van der Waals surface area contributed by atoms with Crippen molar-refractivity contribution in [2.24, 2.45) is 5.92 Å². The molecule has 0 radical (unpaired) electrons. The zero-order chi connectivity index (χ0) is 24.1. The van der Waals surface area contributed by atoms with Crippen molar-refractivity contribution >= 4 is 0 Å². The van der Waals surface area contributed by atoms with Gasteiger partial charge in [-0.25, -0.2) is 13.2 Å². The Hall–Kier alpha value is -2.81. The van der Waals surface area contributed by atoms with Crippen LogP contribution in [0.3, 0.4) is 0 Å². The minimum absolute atomic E-state index is 0.231. The molecule has 0 heterocycles. The van der Waals surface area contributed by atoms with E-state index in [4.69, 9.17) is 0 Å². The van der Waals surface area contributed by atoms with Gasteiger partial charge in [0, 0.05) is 11.1 Å². The van der Waals surface area contributed by atoms with Gasteiger partial charge in [-0.1, -0.05) is 74.4 Å². The third-order valence-electron chi connectivity index (χ3n) is 7.29. The first kappa shape index (κ1) is 24.3. The highest BCUT2D eigenvalue weighted by Gasteiger charge is 2.22. The van der Waals surface area contributed by atoms with Gasteiger partial charge in [0.15, 0.2) is 11.6 Å². The molecule has 3 aromatic carbocycles. The van der Waals surface area contributed by atoms with Crippen LogP contribution in [-0.4, -0.2) is 0 Å². The molecule has 1 aliphatic rings. The largest absolute Gasteiger partial charge is 0.206 e.